The molecule has 4 N–H and O–H groups in total. The molecule has 0 aliphatic carbocycles. The zero-order valence-electron chi connectivity index (χ0n) is 21.0. The van der Waals surface area contributed by atoms with Crippen LogP contribution in [-0.2, 0) is 17.0 Å². The van der Waals surface area contributed by atoms with E-state index in [4.69, 9.17) is 15.6 Å². The molecule has 0 aromatic heterocycles. The third kappa shape index (κ3) is 6.71. The van der Waals surface area contributed by atoms with Gasteiger partial charge in [-0.05, 0) is 83.5 Å². The molecule has 0 saturated carbocycles. The van der Waals surface area contributed by atoms with Crippen molar-refractivity contribution in [2.24, 2.45) is 0 Å². The lowest BCUT2D eigenvalue weighted by Crippen LogP contribution is -2.57. The van der Waals surface area contributed by atoms with Gasteiger partial charge in [0.05, 0.1) is 0 Å². The Morgan fingerprint density at radius 3 is 1.16 bits per heavy atom. The Balaban J connectivity index is 2.25. The number of nitrogens with two attached hydrogens (primary N) is 2. The SMILES string of the molecule is CC(C)(C)[Si](C)(CCc1ccc(N)cc1)O[Si](C)(CCc1ccc(N)cc1)C(C)(C)C. The fourth-order valence-electron chi connectivity index (χ4n) is 3.79. The second-order valence-corrected chi connectivity index (χ2v) is 21.3. The Hall–Kier alpha value is -1.57. The number of nitrogen functional groups attached to an aromatic ring is 2. The average Bonchev–Trinajstić information content (AvgIpc) is 2.65. The van der Waals surface area contributed by atoms with Gasteiger partial charge < -0.3 is 15.6 Å². The van der Waals surface area contributed by atoms with Crippen LogP contribution in [0.1, 0.15) is 52.7 Å². The quantitative estimate of drug-likeness (QED) is 0.321. The van der Waals surface area contributed by atoms with Gasteiger partial charge in [-0.15, -0.1) is 0 Å². The molecule has 0 radical (unpaired) electrons. The smallest absolute Gasteiger partial charge is 0.182 e. The molecule has 31 heavy (non-hydrogen) atoms. The van der Waals surface area contributed by atoms with Gasteiger partial charge in [-0.1, -0.05) is 65.8 Å². The molecule has 5 heteroatoms. The van der Waals surface area contributed by atoms with Crippen LogP contribution in [0.4, 0.5) is 11.4 Å². The summed E-state index contributed by atoms with van der Waals surface area (Å²) in [7, 11) is -4.06. The molecule has 2 unspecified atom stereocenters. The van der Waals surface area contributed by atoms with Gasteiger partial charge in [0.15, 0.2) is 16.6 Å². The Morgan fingerprint density at radius 2 is 0.903 bits per heavy atom. The molecule has 2 atom stereocenters. The van der Waals surface area contributed by atoms with Crippen LogP contribution >= 0.6 is 0 Å². The van der Waals surface area contributed by atoms with Crippen molar-refractivity contribution in [3.63, 3.8) is 0 Å². The summed E-state index contributed by atoms with van der Waals surface area (Å²) in [5.41, 5.74) is 16.1. The Bertz CT molecular complexity index is 766. The molecule has 0 bridgehead atoms. The van der Waals surface area contributed by atoms with Crippen LogP contribution in [0.25, 0.3) is 0 Å². The number of hydrogen-bond acceptors (Lipinski definition) is 3. The van der Waals surface area contributed by atoms with Crippen molar-refractivity contribution in [3.05, 3.63) is 59.7 Å². The lowest BCUT2D eigenvalue weighted by atomic mass is 10.1. The summed E-state index contributed by atoms with van der Waals surface area (Å²) < 4.78 is 7.47. The van der Waals surface area contributed by atoms with E-state index in [2.05, 4.69) is 78.9 Å². The molecule has 0 fully saturated rings. The summed E-state index contributed by atoms with van der Waals surface area (Å²) in [5, 5.41) is 0.336. The van der Waals surface area contributed by atoms with Crippen LogP contribution in [0, 0.1) is 0 Å². The molecule has 3 nitrogen and oxygen atoms in total. The van der Waals surface area contributed by atoms with E-state index in [0.717, 1.165) is 36.3 Å². The van der Waals surface area contributed by atoms with Crippen molar-refractivity contribution in [2.75, 3.05) is 11.5 Å². The first kappa shape index (κ1) is 25.7. The summed E-state index contributed by atoms with van der Waals surface area (Å²) in [4.78, 5) is 0. The number of anilines is 2. The third-order valence-corrected chi connectivity index (χ3v) is 19.7. The zero-order valence-corrected chi connectivity index (χ0v) is 23.0. The summed E-state index contributed by atoms with van der Waals surface area (Å²) in [6, 6.07) is 18.9. The maximum Gasteiger partial charge on any atom is 0.182 e. The van der Waals surface area contributed by atoms with Crippen molar-refractivity contribution in [1.29, 1.82) is 0 Å². The molecule has 2 aromatic carbocycles. The van der Waals surface area contributed by atoms with Crippen molar-refractivity contribution in [2.45, 2.75) is 89.6 Å². The monoisotopic (exact) mass is 456 g/mol. The second kappa shape index (κ2) is 9.51. The highest BCUT2D eigenvalue weighted by Gasteiger charge is 2.51. The first-order valence-electron chi connectivity index (χ1n) is 11.5. The van der Waals surface area contributed by atoms with Crippen LogP contribution in [0.2, 0.25) is 35.3 Å². The van der Waals surface area contributed by atoms with Gasteiger partial charge >= 0.3 is 0 Å². The van der Waals surface area contributed by atoms with Crippen molar-refractivity contribution >= 4 is 28.0 Å². The summed E-state index contributed by atoms with van der Waals surface area (Å²) in [5.74, 6) is 0. The van der Waals surface area contributed by atoms with Gasteiger partial charge in [0.2, 0.25) is 0 Å². The number of hydrogen-bond donors (Lipinski definition) is 2. The first-order valence-corrected chi connectivity index (χ1v) is 16.8. The minimum absolute atomic E-state index is 0.168. The molecular formula is C26H44N2OSi2. The topological polar surface area (TPSA) is 61.3 Å². The van der Waals surface area contributed by atoms with E-state index in [1.807, 2.05) is 24.3 Å². The van der Waals surface area contributed by atoms with Gasteiger partial charge in [0.25, 0.3) is 0 Å². The van der Waals surface area contributed by atoms with E-state index in [0.29, 0.717) is 0 Å². The van der Waals surface area contributed by atoms with Crippen molar-refractivity contribution in [1.82, 2.24) is 0 Å². The number of rotatable bonds is 8. The summed E-state index contributed by atoms with van der Waals surface area (Å²) in [6.07, 6.45) is 2.10. The number of aryl methyl sites for hydroxylation is 2. The van der Waals surface area contributed by atoms with E-state index in [1.165, 1.54) is 11.1 Å². The highest BCUT2D eigenvalue weighted by molar-refractivity contribution is 6.88. The predicted octanol–water partition coefficient (Wildman–Crippen LogP) is 7.40. The highest BCUT2D eigenvalue weighted by atomic mass is 28.4. The molecule has 0 aliphatic heterocycles. The van der Waals surface area contributed by atoms with E-state index in [-0.39, 0.29) is 10.1 Å². The molecule has 0 saturated heterocycles. The predicted molar refractivity (Wildman–Crippen MR) is 142 cm³/mol. The Kier molecular flexibility index (Phi) is 7.88. The maximum absolute atomic E-state index is 7.47. The Labute approximate surface area is 192 Å². The van der Waals surface area contributed by atoms with Crippen LogP contribution in [-0.4, -0.2) is 16.6 Å². The number of benzene rings is 2. The third-order valence-electron chi connectivity index (χ3n) is 7.36. The molecule has 0 amide bonds. The molecule has 0 aliphatic rings. The van der Waals surface area contributed by atoms with Crippen LogP contribution < -0.4 is 11.5 Å². The van der Waals surface area contributed by atoms with Crippen LogP contribution in [0.3, 0.4) is 0 Å². The summed E-state index contributed by atoms with van der Waals surface area (Å²) >= 11 is 0. The first-order chi connectivity index (χ1) is 14.2. The zero-order chi connectivity index (χ0) is 23.5. The molecule has 172 valence electrons. The molecular weight excluding hydrogens is 412 g/mol. The standard InChI is InChI=1S/C26H44N2OSi2/c1-25(2,3)30(7,19-17-21-9-13-23(27)14-10-21)29-31(8,26(4,5)6)20-18-22-11-15-24(28)16-12-22/h9-16H,17-20,27-28H2,1-8H3. The van der Waals surface area contributed by atoms with Crippen molar-refractivity contribution < 1.29 is 4.12 Å². The van der Waals surface area contributed by atoms with Gasteiger partial charge in [-0.3, -0.25) is 0 Å². The summed E-state index contributed by atoms with van der Waals surface area (Å²) in [6.45, 7) is 19.2. The van der Waals surface area contributed by atoms with Crippen LogP contribution in [0.15, 0.2) is 48.5 Å². The van der Waals surface area contributed by atoms with E-state index < -0.39 is 16.6 Å². The highest BCUT2D eigenvalue weighted by Crippen LogP contribution is 2.48. The van der Waals surface area contributed by atoms with Gasteiger partial charge in [-0.2, -0.15) is 0 Å². The van der Waals surface area contributed by atoms with Gasteiger partial charge in [-0.25, -0.2) is 0 Å². The van der Waals surface area contributed by atoms with E-state index in [1.54, 1.807) is 0 Å². The Morgan fingerprint density at radius 1 is 0.613 bits per heavy atom. The average molecular weight is 457 g/mol. The second-order valence-electron chi connectivity index (χ2n) is 11.5. The van der Waals surface area contributed by atoms with Gasteiger partial charge in [0.1, 0.15) is 0 Å². The maximum atomic E-state index is 7.47. The fourth-order valence-corrected chi connectivity index (χ4v) is 14.1. The minimum atomic E-state index is -2.03. The van der Waals surface area contributed by atoms with Crippen molar-refractivity contribution in [3.8, 4) is 0 Å². The lowest BCUT2D eigenvalue weighted by molar-refractivity contribution is 0.431. The normalized spacial score (nSPS) is 16.5. The van der Waals surface area contributed by atoms with Gasteiger partial charge in [0, 0.05) is 11.4 Å². The van der Waals surface area contributed by atoms with E-state index in [9.17, 15) is 0 Å². The molecule has 0 spiro atoms. The lowest BCUT2D eigenvalue weighted by Gasteiger charge is -2.50. The molecule has 0 heterocycles. The largest absolute Gasteiger partial charge is 0.454 e. The molecule has 2 rings (SSSR count). The molecule has 2 aromatic rings. The van der Waals surface area contributed by atoms with Crippen LogP contribution in [0.5, 0.6) is 0 Å². The van der Waals surface area contributed by atoms with E-state index >= 15 is 0 Å². The fraction of sp³-hybridized carbons (Fsp3) is 0.538. The minimum Gasteiger partial charge on any atom is -0.454 e.